The summed E-state index contributed by atoms with van der Waals surface area (Å²) in [5.74, 6) is 0. The molecule has 0 amide bonds. The number of unbranched alkanes of at least 4 members (excludes halogenated alkanes) is 6. The molecule has 0 aliphatic rings. The Bertz CT molecular complexity index is 141. The summed E-state index contributed by atoms with van der Waals surface area (Å²) in [7, 11) is 0. The van der Waals surface area contributed by atoms with E-state index in [-0.39, 0.29) is 0 Å². The predicted molar refractivity (Wildman–Crippen MR) is 68.1 cm³/mol. The van der Waals surface area contributed by atoms with Gasteiger partial charge in [0.05, 0.1) is 0 Å². The molecule has 0 spiro atoms. The summed E-state index contributed by atoms with van der Waals surface area (Å²) in [4.78, 5) is 1.71. The molecule has 0 aliphatic heterocycles. The van der Waals surface area contributed by atoms with Gasteiger partial charge < -0.3 is 10.2 Å². The highest BCUT2D eigenvalue weighted by molar-refractivity contribution is 4.59. The molecule has 98 valence electrons. The SMILES string of the molecule is CCCCCCCCCN(C(C)O)C(C)O. The van der Waals surface area contributed by atoms with E-state index in [2.05, 4.69) is 6.92 Å². The van der Waals surface area contributed by atoms with Crippen molar-refractivity contribution in [1.29, 1.82) is 0 Å². The molecule has 2 N–H and O–H groups in total. The molecule has 0 saturated heterocycles. The molecule has 0 aliphatic carbocycles. The maximum Gasteiger partial charge on any atom is 0.106 e. The minimum atomic E-state index is -0.555. The Morgan fingerprint density at radius 2 is 1.25 bits per heavy atom. The van der Waals surface area contributed by atoms with Gasteiger partial charge in [-0.25, -0.2) is 0 Å². The van der Waals surface area contributed by atoms with Gasteiger partial charge in [-0.2, -0.15) is 0 Å². The van der Waals surface area contributed by atoms with Crippen molar-refractivity contribution in [3.63, 3.8) is 0 Å². The Labute approximate surface area is 100 Å². The van der Waals surface area contributed by atoms with Crippen molar-refractivity contribution in [3.8, 4) is 0 Å². The third-order valence-electron chi connectivity index (χ3n) is 2.98. The van der Waals surface area contributed by atoms with Gasteiger partial charge in [0.1, 0.15) is 12.5 Å². The van der Waals surface area contributed by atoms with Crippen molar-refractivity contribution < 1.29 is 10.2 Å². The Balaban J connectivity index is 3.41. The first kappa shape index (κ1) is 15.9. The van der Waals surface area contributed by atoms with Gasteiger partial charge in [0.25, 0.3) is 0 Å². The van der Waals surface area contributed by atoms with Crippen LogP contribution < -0.4 is 0 Å². The average molecular weight is 231 g/mol. The first-order chi connectivity index (χ1) is 7.59. The highest BCUT2D eigenvalue weighted by Gasteiger charge is 2.14. The summed E-state index contributed by atoms with van der Waals surface area (Å²) in [6, 6.07) is 0. The van der Waals surface area contributed by atoms with Crippen LogP contribution in [-0.4, -0.2) is 34.1 Å². The molecule has 0 rings (SSSR count). The minimum Gasteiger partial charge on any atom is -0.379 e. The van der Waals surface area contributed by atoms with Crippen LogP contribution in [-0.2, 0) is 0 Å². The van der Waals surface area contributed by atoms with E-state index in [1.807, 2.05) is 0 Å². The molecule has 0 bridgehead atoms. The van der Waals surface area contributed by atoms with Gasteiger partial charge in [-0.15, -0.1) is 0 Å². The largest absolute Gasteiger partial charge is 0.379 e. The molecule has 0 radical (unpaired) electrons. The second-order valence-electron chi connectivity index (χ2n) is 4.62. The molecule has 3 heteroatoms. The van der Waals surface area contributed by atoms with Crippen LogP contribution in [0.3, 0.4) is 0 Å². The average Bonchev–Trinajstić information content (AvgIpc) is 2.21. The number of nitrogens with zero attached hydrogens (tertiary/aromatic N) is 1. The van der Waals surface area contributed by atoms with E-state index < -0.39 is 12.5 Å². The van der Waals surface area contributed by atoms with Crippen LogP contribution in [0.25, 0.3) is 0 Å². The molecule has 3 nitrogen and oxygen atoms in total. The van der Waals surface area contributed by atoms with E-state index in [1.54, 1.807) is 18.7 Å². The zero-order valence-corrected chi connectivity index (χ0v) is 11.2. The third-order valence-corrected chi connectivity index (χ3v) is 2.98. The second-order valence-corrected chi connectivity index (χ2v) is 4.62. The normalized spacial score (nSPS) is 15.4. The van der Waals surface area contributed by atoms with E-state index in [9.17, 15) is 10.2 Å². The molecule has 0 aromatic heterocycles. The molecular weight excluding hydrogens is 202 g/mol. The molecule has 16 heavy (non-hydrogen) atoms. The van der Waals surface area contributed by atoms with Gasteiger partial charge in [0.15, 0.2) is 0 Å². The van der Waals surface area contributed by atoms with E-state index in [0.29, 0.717) is 0 Å². The number of rotatable bonds is 10. The van der Waals surface area contributed by atoms with Crippen molar-refractivity contribution in [2.75, 3.05) is 6.54 Å². The first-order valence-electron chi connectivity index (χ1n) is 6.71. The quantitative estimate of drug-likeness (QED) is 0.449. The monoisotopic (exact) mass is 231 g/mol. The van der Waals surface area contributed by atoms with Crippen LogP contribution in [0.4, 0.5) is 0 Å². The summed E-state index contributed by atoms with van der Waals surface area (Å²) in [5, 5.41) is 18.8. The number of aliphatic hydroxyl groups excluding tert-OH is 2. The van der Waals surface area contributed by atoms with E-state index in [0.717, 1.165) is 13.0 Å². The van der Waals surface area contributed by atoms with Crippen molar-refractivity contribution in [3.05, 3.63) is 0 Å². The lowest BCUT2D eigenvalue weighted by molar-refractivity contribution is -0.0844. The first-order valence-corrected chi connectivity index (χ1v) is 6.71. The number of aliphatic hydroxyl groups is 2. The zero-order valence-electron chi connectivity index (χ0n) is 11.2. The van der Waals surface area contributed by atoms with E-state index in [1.165, 1.54) is 38.5 Å². The van der Waals surface area contributed by atoms with Crippen LogP contribution in [0, 0.1) is 0 Å². The fraction of sp³-hybridized carbons (Fsp3) is 1.00. The van der Waals surface area contributed by atoms with Crippen molar-refractivity contribution in [2.45, 2.75) is 78.2 Å². The highest BCUT2D eigenvalue weighted by Crippen LogP contribution is 2.09. The maximum atomic E-state index is 9.42. The molecule has 0 fully saturated rings. The molecule has 0 aromatic carbocycles. The Morgan fingerprint density at radius 3 is 1.69 bits per heavy atom. The lowest BCUT2D eigenvalue weighted by atomic mass is 10.1. The predicted octanol–water partition coefficient (Wildman–Crippen LogP) is 2.72. The van der Waals surface area contributed by atoms with Gasteiger partial charge in [0, 0.05) is 6.54 Å². The Morgan fingerprint density at radius 1 is 0.812 bits per heavy atom. The molecule has 0 saturated carbocycles. The van der Waals surface area contributed by atoms with Crippen LogP contribution in [0.15, 0.2) is 0 Å². The fourth-order valence-corrected chi connectivity index (χ4v) is 1.94. The lowest BCUT2D eigenvalue weighted by Crippen LogP contribution is -2.40. The van der Waals surface area contributed by atoms with Gasteiger partial charge >= 0.3 is 0 Å². The van der Waals surface area contributed by atoms with Gasteiger partial charge in [-0.05, 0) is 20.3 Å². The Kier molecular flexibility index (Phi) is 9.99. The molecular formula is C13H29NO2. The van der Waals surface area contributed by atoms with Crippen LogP contribution in [0.2, 0.25) is 0 Å². The van der Waals surface area contributed by atoms with Crippen LogP contribution >= 0.6 is 0 Å². The van der Waals surface area contributed by atoms with Crippen LogP contribution in [0.5, 0.6) is 0 Å². The van der Waals surface area contributed by atoms with Gasteiger partial charge in [0.2, 0.25) is 0 Å². The topological polar surface area (TPSA) is 43.7 Å². The molecule has 0 heterocycles. The lowest BCUT2D eigenvalue weighted by Gasteiger charge is -2.27. The summed E-state index contributed by atoms with van der Waals surface area (Å²) in [6.07, 6.45) is 7.70. The molecule has 0 aromatic rings. The number of hydrogen-bond donors (Lipinski definition) is 2. The molecule has 2 atom stereocenters. The van der Waals surface area contributed by atoms with E-state index >= 15 is 0 Å². The van der Waals surface area contributed by atoms with Crippen molar-refractivity contribution in [2.24, 2.45) is 0 Å². The maximum absolute atomic E-state index is 9.42. The smallest absolute Gasteiger partial charge is 0.106 e. The minimum absolute atomic E-state index is 0.555. The van der Waals surface area contributed by atoms with Crippen molar-refractivity contribution in [1.82, 2.24) is 4.90 Å². The standard InChI is InChI=1S/C13H29NO2/c1-4-5-6-7-8-9-10-11-14(12(2)15)13(3)16/h12-13,15-16H,4-11H2,1-3H3. The summed E-state index contributed by atoms with van der Waals surface area (Å²) < 4.78 is 0. The highest BCUT2D eigenvalue weighted by atomic mass is 16.3. The fourth-order valence-electron chi connectivity index (χ4n) is 1.94. The molecule has 2 unspecified atom stereocenters. The number of hydrogen-bond acceptors (Lipinski definition) is 3. The Hall–Kier alpha value is -0.120. The van der Waals surface area contributed by atoms with Crippen LogP contribution in [0.1, 0.15) is 65.7 Å². The summed E-state index contributed by atoms with van der Waals surface area (Å²) in [6.45, 7) is 6.41. The third kappa shape index (κ3) is 8.08. The zero-order chi connectivity index (χ0) is 12.4. The summed E-state index contributed by atoms with van der Waals surface area (Å²) in [5.41, 5.74) is 0. The van der Waals surface area contributed by atoms with Gasteiger partial charge in [-0.1, -0.05) is 45.4 Å². The van der Waals surface area contributed by atoms with Crippen molar-refractivity contribution >= 4 is 0 Å². The second kappa shape index (κ2) is 10.1. The van der Waals surface area contributed by atoms with Gasteiger partial charge in [-0.3, -0.25) is 4.90 Å². The summed E-state index contributed by atoms with van der Waals surface area (Å²) >= 11 is 0. The van der Waals surface area contributed by atoms with E-state index in [4.69, 9.17) is 0 Å².